The van der Waals surface area contributed by atoms with Gasteiger partial charge in [-0.1, -0.05) is 24.3 Å². The first-order valence-corrected chi connectivity index (χ1v) is 16.5. The Labute approximate surface area is 268 Å². The first-order chi connectivity index (χ1) is 22.2. The fourth-order valence-corrected chi connectivity index (χ4v) is 8.62. The van der Waals surface area contributed by atoms with E-state index < -0.39 is 23.4 Å². The Bertz CT molecular complexity index is 1520. The Morgan fingerprint density at radius 3 is 2.17 bits per heavy atom. The third-order valence-electron chi connectivity index (χ3n) is 10.7. The lowest BCUT2D eigenvalue weighted by atomic mass is 9.54. The van der Waals surface area contributed by atoms with Gasteiger partial charge in [0.2, 0.25) is 23.6 Å². The topological polar surface area (TPSA) is 155 Å². The number of nitrogens with zero attached hydrogens (tertiary/aromatic N) is 1. The predicted octanol–water partition coefficient (Wildman–Crippen LogP) is 1.97. The number of fused-ring (bicyclic) bond motifs is 1. The van der Waals surface area contributed by atoms with Crippen LogP contribution in [0.2, 0.25) is 0 Å². The molecule has 1 aromatic carbocycles. The van der Waals surface area contributed by atoms with E-state index in [2.05, 4.69) is 21.3 Å². The van der Waals surface area contributed by atoms with Gasteiger partial charge >= 0.3 is 0 Å². The predicted molar refractivity (Wildman–Crippen MR) is 170 cm³/mol. The molecule has 7 rings (SSSR count). The second kappa shape index (κ2) is 13.6. The molecule has 4 N–H and O–H groups in total. The molecule has 0 aliphatic heterocycles. The number of rotatable bonds is 12. The Kier molecular flexibility index (Phi) is 9.37. The van der Waals surface area contributed by atoms with Crippen molar-refractivity contribution in [2.45, 2.75) is 76.4 Å². The summed E-state index contributed by atoms with van der Waals surface area (Å²) in [5.41, 5.74) is 1.55. The molecule has 1 unspecified atom stereocenters. The van der Waals surface area contributed by atoms with Crippen LogP contribution in [0.3, 0.4) is 0 Å². The average Bonchev–Trinajstić information content (AvgIpc) is 3.48. The molecule has 11 nitrogen and oxygen atoms in total. The van der Waals surface area contributed by atoms with Gasteiger partial charge in [-0.15, -0.1) is 0 Å². The Morgan fingerprint density at radius 2 is 1.57 bits per heavy atom. The molecule has 1 heterocycles. The minimum Gasteiger partial charge on any atom is -0.359 e. The van der Waals surface area contributed by atoms with Crippen LogP contribution in [-0.2, 0) is 43.4 Å². The van der Waals surface area contributed by atoms with Gasteiger partial charge in [0.1, 0.15) is 24.6 Å². The minimum atomic E-state index is -1.18. The van der Waals surface area contributed by atoms with Crippen molar-refractivity contribution in [3.8, 4) is 0 Å². The largest absolute Gasteiger partial charge is 0.359 e. The fourth-order valence-electron chi connectivity index (χ4n) is 8.62. The first-order valence-electron chi connectivity index (χ1n) is 16.5. The second-order valence-electron chi connectivity index (χ2n) is 13.8. The van der Waals surface area contributed by atoms with Gasteiger partial charge in [-0.2, -0.15) is 0 Å². The molecule has 4 saturated carbocycles. The highest BCUT2D eigenvalue weighted by Gasteiger charge is 2.48. The van der Waals surface area contributed by atoms with E-state index >= 15 is 0 Å². The molecule has 4 bridgehead atoms. The van der Waals surface area contributed by atoms with Crippen LogP contribution in [0, 0.1) is 35.5 Å². The zero-order chi connectivity index (χ0) is 32.4. The van der Waals surface area contributed by atoms with Crippen LogP contribution in [0.25, 0.3) is 0 Å². The summed E-state index contributed by atoms with van der Waals surface area (Å²) < 4.78 is 1.27. The molecule has 0 radical (unpaired) electrons. The standard InChI is InChI=1S/C35H43N5O6/c1-36-30(42)15-22(19-41)14-29(38-33(44)27-16-23-5-2-3-6-24(23)17-27)34(45)37-28-7-4-8-40(35(28)46)18-31(43)39-32-25-10-20-9-21(12-25)13-26(32)11-20/h2-8,19-22,25-27,29,32H,9-18H2,1H3,(H,36,42)(H,37,45)(H,38,44)(H,39,43)/t20?,21?,22?,25?,26?,29-,32?/m0/s1. The smallest absolute Gasteiger partial charge is 0.274 e. The van der Waals surface area contributed by atoms with E-state index in [1.165, 1.54) is 56.0 Å². The number of pyridine rings is 1. The number of anilines is 1. The lowest BCUT2D eigenvalue weighted by Gasteiger charge is -2.54. The van der Waals surface area contributed by atoms with Gasteiger partial charge in [0.25, 0.3) is 5.56 Å². The molecule has 5 aliphatic rings. The third-order valence-corrected chi connectivity index (χ3v) is 10.7. The number of benzene rings is 1. The summed E-state index contributed by atoms with van der Waals surface area (Å²) in [6, 6.07) is 9.78. The quantitative estimate of drug-likeness (QED) is 0.263. The van der Waals surface area contributed by atoms with Crippen molar-refractivity contribution in [2.75, 3.05) is 12.4 Å². The van der Waals surface area contributed by atoms with E-state index in [4.69, 9.17) is 0 Å². The lowest BCUT2D eigenvalue weighted by molar-refractivity contribution is -0.130. The molecule has 244 valence electrons. The molecule has 0 spiro atoms. The van der Waals surface area contributed by atoms with Gasteiger partial charge in [0, 0.05) is 37.5 Å². The Hall–Kier alpha value is -4.28. The first kappa shape index (κ1) is 31.7. The minimum absolute atomic E-state index is 0.0450. The van der Waals surface area contributed by atoms with Crippen LogP contribution >= 0.6 is 0 Å². The van der Waals surface area contributed by atoms with Crippen LogP contribution < -0.4 is 26.8 Å². The number of aldehydes is 1. The summed E-state index contributed by atoms with van der Waals surface area (Å²) in [6.45, 7) is -0.174. The van der Waals surface area contributed by atoms with Crippen LogP contribution in [0.5, 0.6) is 0 Å². The van der Waals surface area contributed by atoms with Gasteiger partial charge < -0.3 is 30.6 Å². The maximum absolute atomic E-state index is 13.6. The molecule has 4 amide bonds. The SMILES string of the molecule is CNC(=O)CC(C=O)C[C@H](NC(=O)C1Cc2ccccc2C1)C(=O)Nc1cccn(CC(=O)NC2C3CC4CC(C3)CC2C4)c1=O. The van der Waals surface area contributed by atoms with Crippen molar-refractivity contribution in [1.82, 2.24) is 20.5 Å². The molecular formula is C35H43N5O6. The van der Waals surface area contributed by atoms with E-state index in [0.717, 1.165) is 23.0 Å². The van der Waals surface area contributed by atoms with Crippen LogP contribution in [0.15, 0.2) is 47.4 Å². The van der Waals surface area contributed by atoms with Crippen molar-refractivity contribution in [2.24, 2.45) is 35.5 Å². The van der Waals surface area contributed by atoms with Crippen LogP contribution in [0.1, 0.15) is 56.1 Å². The average molecular weight is 630 g/mol. The summed E-state index contributed by atoms with van der Waals surface area (Å²) in [5, 5.41) is 11.1. The van der Waals surface area contributed by atoms with Crippen molar-refractivity contribution < 1.29 is 24.0 Å². The molecule has 1 aromatic heterocycles. The number of carbonyl (C=O) groups excluding carboxylic acids is 5. The van der Waals surface area contributed by atoms with Crippen LogP contribution in [0.4, 0.5) is 5.69 Å². The van der Waals surface area contributed by atoms with Crippen molar-refractivity contribution in [3.05, 3.63) is 64.1 Å². The molecule has 46 heavy (non-hydrogen) atoms. The van der Waals surface area contributed by atoms with Gasteiger partial charge in [-0.05, 0) is 98.3 Å². The molecule has 11 heteroatoms. The summed E-state index contributed by atoms with van der Waals surface area (Å²) in [7, 11) is 1.46. The third kappa shape index (κ3) is 6.93. The van der Waals surface area contributed by atoms with Crippen LogP contribution in [-0.4, -0.2) is 53.6 Å². The summed E-state index contributed by atoms with van der Waals surface area (Å²) in [5.74, 6) is -0.256. The number of amides is 4. The summed E-state index contributed by atoms with van der Waals surface area (Å²) >= 11 is 0. The van der Waals surface area contributed by atoms with E-state index in [9.17, 15) is 28.8 Å². The highest BCUT2D eigenvalue weighted by Crippen LogP contribution is 2.53. The lowest BCUT2D eigenvalue weighted by Crippen LogP contribution is -2.56. The number of hydrogen-bond acceptors (Lipinski definition) is 6. The molecule has 2 atom stereocenters. The van der Waals surface area contributed by atoms with Gasteiger partial charge in [0.15, 0.2) is 0 Å². The molecular weight excluding hydrogens is 586 g/mol. The fraction of sp³-hybridized carbons (Fsp3) is 0.543. The zero-order valence-corrected chi connectivity index (χ0v) is 26.2. The zero-order valence-electron chi connectivity index (χ0n) is 26.2. The van der Waals surface area contributed by atoms with E-state index in [1.807, 2.05) is 24.3 Å². The number of carbonyl (C=O) groups is 5. The van der Waals surface area contributed by atoms with Crippen molar-refractivity contribution >= 4 is 35.6 Å². The maximum Gasteiger partial charge on any atom is 0.274 e. The number of hydrogen-bond donors (Lipinski definition) is 4. The second-order valence-corrected chi connectivity index (χ2v) is 13.8. The molecule has 5 aliphatic carbocycles. The van der Waals surface area contributed by atoms with Gasteiger partial charge in [-0.25, -0.2) is 0 Å². The van der Waals surface area contributed by atoms with E-state index in [1.54, 1.807) is 6.07 Å². The van der Waals surface area contributed by atoms with E-state index in [-0.39, 0.29) is 54.8 Å². The van der Waals surface area contributed by atoms with Crippen molar-refractivity contribution in [3.63, 3.8) is 0 Å². The monoisotopic (exact) mass is 629 g/mol. The number of nitrogens with one attached hydrogen (secondary N) is 4. The normalized spacial score (nSPS) is 25.6. The Balaban J connectivity index is 1.12. The molecule has 0 saturated heterocycles. The number of aromatic nitrogens is 1. The molecule has 2 aromatic rings. The Morgan fingerprint density at radius 1 is 0.913 bits per heavy atom. The van der Waals surface area contributed by atoms with Crippen molar-refractivity contribution in [1.29, 1.82) is 0 Å². The maximum atomic E-state index is 13.6. The highest BCUT2D eigenvalue weighted by molar-refractivity contribution is 5.97. The van der Waals surface area contributed by atoms with Gasteiger partial charge in [-0.3, -0.25) is 24.0 Å². The summed E-state index contributed by atoms with van der Waals surface area (Å²) in [6.07, 6.45) is 8.89. The van der Waals surface area contributed by atoms with Gasteiger partial charge in [0.05, 0.1) is 0 Å². The highest BCUT2D eigenvalue weighted by atomic mass is 16.2. The molecule has 4 fully saturated rings. The summed E-state index contributed by atoms with van der Waals surface area (Å²) in [4.78, 5) is 77.4. The van der Waals surface area contributed by atoms with E-state index in [0.29, 0.717) is 31.0 Å².